The van der Waals surface area contributed by atoms with Crippen molar-refractivity contribution in [2.45, 2.75) is 19.4 Å². The molecular formula is C12H15N3O5. The molecule has 0 atom stereocenters. The van der Waals surface area contributed by atoms with E-state index in [9.17, 15) is 19.7 Å². The van der Waals surface area contributed by atoms with Crippen LogP contribution in [0, 0.1) is 10.1 Å². The average molecular weight is 281 g/mol. The summed E-state index contributed by atoms with van der Waals surface area (Å²) in [5.41, 5.74) is -1.36. The van der Waals surface area contributed by atoms with Crippen LogP contribution < -0.4 is 10.6 Å². The Morgan fingerprint density at radius 2 is 1.95 bits per heavy atom. The van der Waals surface area contributed by atoms with Gasteiger partial charge in [-0.25, -0.2) is 4.79 Å². The first kappa shape index (κ1) is 15.4. The summed E-state index contributed by atoms with van der Waals surface area (Å²) in [6.45, 7) is 2.43. The standard InChI is InChI=1S/C12H15N3O5/c1-12(2,11(17)18)14-10(16)7-13-8-5-3-4-6-9(8)15(19)20/h3-6,13H,7H2,1-2H3,(H,14,16)(H,17,18). The summed E-state index contributed by atoms with van der Waals surface area (Å²) in [4.78, 5) is 32.7. The summed E-state index contributed by atoms with van der Waals surface area (Å²) in [7, 11) is 0. The number of nitrogens with one attached hydrogen (secondary N) is 2. The molecule has 0 radical (unpaired) electrons. The van der Waals surface area contributed by atoms with Crippen molar-refractivity contribution in [3.8, 4) is 0 Å². The van der Waals surface area contributed by atoms with Gasteiger partial charge >= 0.3 is 5.97 Å². The maximum absolute atomic E-state index is 11.6. The highest BCUT2D eigenvalue weighted by atomic mass is 16.6. The molecule has 0 fully saturated rings. The molecule has 0 saturated carbocycles. The summed E-state index contributed by atoms with van der Waals surface area (Å²) in [5.74, 6) is -1.74. The third-order valence-electron chi connectivity index (χ3n) is 2.53. The lowest BCUT2D eigenvalue weighted by Crippen LogP contribution is -2.51. The molecule has 0 aliphatic carbocycles. The average Bonchev–Trinajstić information content (AvgIpc) is 2.35. The van der Waals surface area contributed by atoms with Crippen molar-refractivity contribution in [2.75, 3.05) is 11.9 Å². The number of aliphatic carboxylic acids is 1. The Hall–Kier alpha value is -2.64. The molecule has 0 aliphatic rings. The van der Waals surface area contributed by atoms with Gasteiger partial charge in [-0.3, -0.25) is 14.9 Å². The van der Waals surface area contributed by atoms with Crippen molar-refractivity contribution in [1.82, 2.24) is 5.32 Å². The minimum absolute atomic E-state index is 0.155. The summed E-state index contributed by atoms with van der Waals surface area (Å²) in [6, 6.07) is 5.88. The van der Waals surface area contributed by atoms with E-state index in [1.54, 1.807) is 6.07 Å². The first-order chi connectivity index (χ1) is 9.24. The van der Waals surface area contributed by atoms with Crippen LogP contribution in [0.2, 0.25) is 0 Å². The molecule has 0 aromatic heterocycles. The van der Waals surface area contributed by atoms with Crippen LogP contribution in [-0.4, -0.2) is 34.0 Å². The second-order valence-corrected chi connectivity index (χ2v) is 4.61. The number of para-hydroxylation sites is 2. The number of rotatable bonds is 6. The van der Waals surface area contributed by atoms with Gasteiger partial charge in [0.15, 0.2) is 0 Å². The van der Waals surface area contributed by atoms with Crippen LogP contribution in [0.3, 0.4) is 0 Å². The first-order valence-electron chi connectivity index (χ1n) is 5.76. The summed E-state index contributed by atoms with van der Waals surface area (Å²) in [6.07, 6.45) is 0. The molecule has 8 nitrogen and oxygen atoms in total. The van der Waals surface area contributed by atoms with E-state index < -0.39 is 22.3 Å². The highest BCUT2D eigenvalue weighted by Crippen LogP contribution is 2.22. The molecule has 1 amide bonds. The number of benzene rings is 1. The molecule has 1 aromatic carbocycles. The Morgan fingerprint density at radius 3 is 2.50 bits per heavy atom. The fraction of sp³-hybridized carbons (Fsp3) is 0.333. The first-order valence-corrected chi connectivity index (χ1v) is 5.76. The van der Waals surface area contributed by atoms with Gasteiger partial charge in [-0.15, -0.1) is 0 Å². The number of carbonyl (C=O) groups excluding carboxylic acids is 1. The van der Waals surface area contributed by atoms with Crippen LogP contribution in [-0.2, 0) is 9.59 Å². The SMILES string of the molecule is CC(C)(NC(=O)CNc1ccccc1[N+](=O)[O-])C(=O)O. The van der Waals surface area contributed by atoms with Gasteiger partial charge < -0.3 is 15.7 Å². The number of amides is 1. The summed E-state index contributed by atoms with van der Waals surface area (Å²) in [5, 5.41) is 24.6. The quantitative estimate of drug-likeness (QED) is 0.528. The third-order valence-corrected chi connectivity index (χ3v) is 2.53. The van der Waals surface area contributed by atoms with E-state index in [0.717, 1.165) is 0 Å². The van der Waals surface area contributed by atoms with E-state index in [-0.39, 0.29) is 17.9 Å². The van der Waals surface area contributed by atoms with Crippen LogP contribution >= 0.6 is 0 Å². The number of nitro benzene ring substituents is 1. The van der Waals surface area contributed by atoms with Gasteiger partial charge in [-0.2, -0.15) is 0 Å². The molecule has 0 unspecified atom stereocenters. The van der Waals surface area contributed by atoms with E-state index in [4.69, 9.17) is 5.11 Å². The van der Waals surface area contributed by atoms with Gasteiger partial charge in [0.05, 0.1) is 11.5 Å². The molecule has 20 heavy (non-hydrogen) atoms. The Morgan fingerprint density at radius 1 is 1.35 bits per heavy atom. The predicted molar refractivity (Wildman–Crippen MR) is 71.4 cm³/mol. The zero-order valence-electron chi connectivity index (χ0n) is 11.0. The molecule has 1 aromatic rings. The van der Waals surface area contributed by atoms with Crippen LogP contribution in [0.15, 0.2) is 24.3 Å². The van der Waals surface area contributed by atoms with Gasteiger partial charge in [-0.1, -0.05) is 12.1 Å². The second-order valence-electron chi connectivity index (χ2n) is 4.61. The predicted octanol–water partition coefficient (Wildman–Crippen LogP) is 0.986. The van der Waals surface area contributed by atoms with Crippen molar-refractivity contribution >= 4 is 23.3 Å². The number of carboxylic acids is 1. The topological polar surface area (TPSA) is 122 Å². The van der Waals surface area contributed by atoms with Crippen molar-refractivity contribution in [3.63, 3.8) is 0 Å². The number of anilines is 1. The maximum Gasteiger partial charge on any atom is 0.328 e. The van der Waals surface area contributed by atoms with Gasteiger partial charge in [0, 0.05) is 6.07 Å². The molecule has 3 N–H and O–H groups in total. The van der Waals surface area contributed by atoms with Crippen LogP contribution in [0.1, 0.15) is 13.8 Å². The fourth-order valence-electron chi connectivity index (χ4n) is 1.40. The van der Waals surface area contributed by atoms with Crippen molar-refractivity contribution in [1.29, 1.82) is 0 Å². The lowest BCUT2D eigenvalue weighted by atomic mass is 10.1. The van der Waals surface area contributed by atoms with E-state index in [2.05, 4.69) is 10.6 Å². The molecule has 0 aliphatic heterocycles. The van der Waals surface area contributed by atoms with Gasteiger partial charge in [0.25, 0.3) is 5.69 Å². The molecular weight excluding hydrogens is 266 g/mol. The summed E-state index contributed by atoms with van der Waals surface area (Å²) >= 11 is 0. The van der Waals surface area contributed by atoms with E-state index in [1.807, 2.05) is 0 Å². The highest BCUT2D eigenvalue weighted by molar-refractivity contribution is 5.88. The van der Waals surface area contributed by atoms with E-state index >= 15 is 0 Å². The van der Waals surface area contributed by atoms with E-state index in [1.165, 1.54) is 32.0 Å². The minimum Gasteiger partial charge on any atom is -0.480 e. The monoisotopic (exact) mass is 281 g/mol. The molecule has 0 saturated heterocycles. The number of hydrogen-bond donors (Lipinski definition) is 3. The number of nitro groups is 1. The Balaban J connectivity index is 2.67. The third kappa shape index (κ3) is 3.94. The normalized spacial score (nSPS) is 10.7. The van der Waals surface area contributed by atoms with Gasteiger partial charge in [0.1, 0.15) is 11.2 Å². The van der Waals surface area contributed by atoms with Gasteiger partial charge in [0.2, 0.25) is 5.91 Å². The molecule has 1 rings (SSSR count). The smallest absolute Gasteiger partial charge is 0.328 e. The highest BCUT2D eigenvalue weighted by Gasteiger charge is 2.28. The number of hydrogen-bond acceptors (Lipinski definition) is 5. The Kier molecular flexibility index (Phi) is 4.63. The molecule has 0 bridgehead atoms. The van der Waals surface area contributed by atoms with Crippen LogP contribution in [0.25, 0.3) is 0 Å². The van der Waals surface area contributed by atoms with Crippen molar-refractivity contribution in [2.24, 2.45) is 0 Å². The molecule has 0 heterocycles. The second kappa shape index (κ2) is 6.00. The zero-order valence-corrected chi connectivity index (χ0v) is 11.0. The fourth-order valence-corrected chi connectivity index (χ4v) is 1.40. The lowest BCUT2D eigenvalue weighted by molar-refractivity contribution is -0.383. The van der Waals surface area contributed by atoms with E-state index in [0.29, 0.717) is 0 Å². The zero-order chi connectivity index (χ0) is 15.3. The van der Waals surface area contributed by atoms with Crippen LogP contribution in [0.5, 0.6) is 0 Å². The Labute approximate surface area is 114 Å². The molecule has 8 heteroatoms. The number of carboxylic acid groups (broad SMARTS) is 1. The molecule has 108 valence electrons. The lowest BCUT2D eigenvalue weighted by Gasteiger charge is -2.21. The summed E-state index contributed by atoms with van der Waals surface area (Å²) < 4.78 is 0. The minimum atomic E-state index is -1.40. The largest absolute Gasteiger partial charge is 0.480 e. The van der Waals surface area contributed by atoms with Crippen LogP contribution in [0.4, 0.5) is 11.4 Å². The maximum atomic E-state index is 11.6. The van der Waals surface area contributed by atoms with Gasteiger partial charge in [-0.05, 0) is 19.9 Å². The van der Waals surface area contributed by atoms with Crippen molar-refractivity contribution < 1.29 is 19.6 Å². The molecule has 0 spiro atoms. The van der Waals surface area contributed by atoms with Crippen molar-refractivity contribution in [3.05, 3.63) is 34.4 Å². The number of carbonyl (C=O) groups is 2. The Bertz CT molecular complexity index is 542. The number of nitrogens with zero attached hydrogens (tertiary/aromatic N) is 1.